The summed E-state index contributed by atoms with van der Waals surface area (Å²) >= 11 is 0. The lowest BCUT2D eigenvalue weighted by atomic mass is 10.3. The van der Waals surface area contributed by atoms with Crippen molar-refractivity contribution in [1.29, 1.82) is 0 Å². The van der Waals surface area contributed by atoms with E-state index >= 15 is 0 Å². The Labute approximate surface area is 124 Å². The number of nitrogens with one attached hydrogen (secondary N) is 1. The molecule has 1 aromatic carbocycles. The second-order valence-corrected chi connectivity index (χ2v) is 5.08. The average molecular weight is 298 g/mol. The van der Waals surface area contributed by atoms with Crippen LogP contribution in [0.5, 0.6) is 5.75 Å². The summed E-state index contributed by atoms with van der Waals surface area (Å²) in [6.45, 7) is 5.99. The molecule has 0 aliphatic carbocycles. The van der Waals surface area contributed by atoms with Crippen molar-refractivity contribution in [1.82, 2.24) is 10.2 Å². The predicted molar refractivity (Wildman–Crippen MR) is 78.0 cm³/mol. The molecule has 5 nitrogen and oxygen atoms in total. The summed E-state index contributed by atoms with van der Waals surface area (Å²) in [5, 5.41) is 13.0. The second kappa shape index (κ2) is 8.94. The van der Waals surface area contributed by atoms with Gasteiger partial charge in [-0.15, -0.1) is 0 Å². The molecule has 0 bridgehead atoms. The monoisotopic (exact) mass is 298 g/mol. The van der Waals surface area contributed by atoms with Crippen LogP contribution in [0.3, 0.4) is 0 Å². The number of nitrogens with zero attached hydrogens (tertiary/aromatic N) is 1. The van der Waals surface area contributed by atoms with Crippen molar-refractivity contribution in [3.8, 4) is 5.75 Å². The topological polar surface area (TPSA) is 54.0 Å². The SMILES string of the molecule is OC(CNCCN1CCOCC1)COc1ccc(F)cc1. The van der Waals surface area contributed by atoms with Crippen LogP contribution in [0.2, 0.25) is 0 Å². The van der Waals surface area contributed by atoms with Gasteiger partial charge in [0.25, 0.3) is 0 Å². The molecule has 0 amide bonds. The molecule has 1 atom stereocenters. The van der Waals surface area contributed by atoms with Gasteiger partial charge in [-0.3, -0.25) is 4.90 Å². The van der Waals surface area contributed by atoms with Gasteiger partial charge in [-0.05, 0) is 24.3 Å². The molecule has 0 radical (unpaired) electrons. The lowest BCUT2D eigenvalue weighted by molar-refractivity contribution is 0.0376. The molecule has 1 heterocycles. The maximum absolute atomic E-state index is 12.7. The Morgan fingerprint density at radius 1 is 1.29 bits per heavy atom. The summed E-state index contributed by atoms with van der Waals surface area (Å²) in [6.07, 6.45) is -0.584. The summed E-state index contributed by atoms with van der Waals surface area (Å²) < 4.78 is 23.4. The number of aliphatic hydroxyl groups is 1. The van der Waals surface area contributed by atoms with E-state index in [-0.39, 0.29) is 12.4 Å². The Kier molecular flexibility index (Phi) is 6.88. The molecule has 118 valence electrons. The highest BCUT2D eigenvalue weighted by Gasteiger charge is 2.10. The molecular formula is C15H23FN2O3. The third-order valence-corrected chi connectivity index (χ3v) is 3.34. The van der Waals surface area contributed by atoms with Crippen molar-refractivity contribution < 1.29 is 19.0 Å². The molecule has 1 aliphatic rings. The minimum absolute atomic E-state index is 0.191. The van der Waals surface area contributed by atoms with Gasteiger partial charge in [-0.1, -0.05) is 0 Å². The van der Waals surface area contributed by atoms with Gasteiger partial charge in [0, 0.05) is 32.7 Å². The van der Waals surface area contributed by atoms with Crippen molar-refractivity contribution in [2.24, 2.45) is 0 Å². The van der Waals surface area contributed by atoms with Crippen LogP contribution < -0.4 is 10.1 Å². The zero-order valence-electron chi connectivity index (χ0n) is 12.1. The molecule has 1 aromatic rings. The molecule has 1 unspecified atom stereocenters. The van der Waals surface area contributed by atoms with E-state index in [0.717, 1.165) is 39.4 Å². The van der Waals surface area contributed by atoms with Gasteiger partial charge in [0.2, 0.25) is 0 Å². The van der Waals surface area contributed by atoms with Crippen molar-refractivity contribution in [2.45, 2.75) is 6.10 Å². The Balaban J connectivity index is 1.52. The van der Waals surface area contributed by atoms with Gasteiger partial charge >= 0.3 is 0 Å². The zero-order chi connectivity index (χ0) is 14.9. The number of morpholine rings is 1. The van der Waals surface area contributed by atoms with E-state index in [9.17, 15) is 9.50 Å². The number of hydrogen-bond acceptors (Lipinski definition) is 5. The van der Waals surface area contributed by atoms with Gasteiger partial charge in [0.05, 0.1) is 13.2 Å². The van der Waals surface area contributed by atoms with Gasteiger partial charge in [-0.2, -0.15) is 0 Å². The first kappa shape index (κ1) is 16.2. The van der Waals surface area contributed by atoms with E-state index in [1.165, 1.54) is 12.1 Å². The highest BCUT2D eigenvalue weighted by Crippen LogP contribution is 2.11. The van der Waals surface area contributed by atoms with E-state index in [1.54, 1.807) is 12.1 Å². The van der Waals surface area contributed by atoms with E-state index in [4.69, 9.17) is 9.47 Å². The lowest BCUT2D eigenvalue weighted by Gasteiger charge is -2.26. The van der Waals surface area contributed by atoms with Crippen LogP contribution in [0, 0.1) is 5.82 Å². The van der Waals surface area contributed by atoms with E-state index in [2.05, 4.69) is 10.2 Å². The van der Waals surface area contributed by atoms with Crippen LogP contribution in [-0.4, -0.2) is 68.7 Å². The molecule has 2 rings (SSSR count). The number of rotatable bonds is 8. The van der Waals surface area contributed by atoms with Gasteiger partial charge in [0.1, 0.15) is 24.3 Å². The van der Waals surface area contributed by atoms with Crippen molar-refractivity contribution in [2.75, 3.05) is 52.5 Å². The number of benzene rings is 1. The largest absolute Gasteiger partial charge is 0.491 e. The van der Waals surface area contributed by atoms with Crippen LogP contribution >= 0.6 is 0 Å². The average Bonchev–Trinajstić information content (AvgIpc) is 2.52. The van der Waals surface area contributed by atoms with E-state index in [1.807, 2.05) is 0 Å². The molecule has 0 saturated carbocycles. The number of ether oxygens (including phenoxy) is 2. The molecule has 1 aliphatic heterocycles. The van der Waals surface area contributed by atoms with E-state index in [0.29, 0.717) is 12.3 Å². The first-order valence-electron chi connectivity index (χ1n) is 7.31. The third-order valence-electron chi connectivity index (χ3n) is 3.34. The molecule has 0 aromatic heterocycles. The van der Waals surface area contributed by atoms with E-state index < -0.39 is 6.10 Å². The normalized spacial score (nSPS) is 17.6. The smallest absolute Gasteiger partial charge is 0.123 e. The Morgan fingerprint density at radius 2 is 2.00 bits per heavy atom. The summed E-state index contributed by atoms with van der Waals surface area (Å²) in [4.78, 5) is 2.33. The quantitative estimate of drug-likeness (QED) is 0.684. The fourth-order valence-corrected chi connectivity index (χ4v) is 2.11. The van der Waals surface area contributed by atoms with Gasteiger partial charge in [0.15, 0.2) is 0 Å². The van der Waals surface area contributed by atoms with Crippen LogP contribution in [0.1, 0.15) is 0 Å². The Bertz CT molecular complexity index is 396. The highest BCUT2D eigenvalue weighted by molar-refractivity contribution is 5.22. The summed E-state index contributed by atoms with van der Waals surface area (Å²) in [6, 6.07) is 5.77. The van der Waals surface area contributed by atoms with Gasteiger partial charge < -0.3 is 19.9 Å². The molecule has 6 heteroatoms. The maximum atomic E-state index is 12.7. The van der Waals surface area contributed by atoms with Crippen LogP contribution in [0.25, 0.3) is 0 Å². The third kappa shape index (κ3) is 6.39. The first-order valence-corrected chi connectivity index (χ1v) is 7.31. The number of halogens is 1. The predicted octanol–water partition coefficient (Wildman–Crippen LogP) is 0.487. The van der Waals surface area contributed by atoms with Crippen LogP contribution in [0.15, 0.2) is 24.3 Å². The molecule has 2 N–H and O–H groups in total. The zero-order valence-corrected chi connectivity index (χ0v) is 12.1. The van der Waals surface area contributed by atoms with Crippen molar-refractivity contribution >= 4 is 0 Å². The Morgan fingerprint density at radius 3 is 2.71 bits per heavy atom. The molecule has 1 fully saturated rings. The minimum Gasteiger partial charge on any atom is -0.491 e. The molecular weight excluding hydrogens is 275 g/mol. The summed E-state index contributed by atoms with van der Waals surface area (Å²) in [7, 11) is 0. The van der Waals surface area contributed by atoms with Gasteiger partial charge in [-0.25, -0.2) is 4.39 Å². The fraction of sp³-hybridized carbons (Fsp3) is 0.600. The second-order valence-electron chi connectivity index (χ2n) is 5.08. The van der Waals surface area contributed by atoms with Crippen molar-refractivity contribution in [3.05, 3.63) is 30.1 Å². The Hall–Kier alpha value is -1.21. The standard InChI is InChI=1S/C15H23FN2O3/c16-13-1-3-15(4-2-13)21-12-14(19)11-17-5-6-18-7-9-20-10-8-18/h1-4,14,17,19H,5-12H2. The first-order chi connectivity index (χ1) is 10.2. The van der Waals surface area contributed by atoms with Crippen LogP contribution in [-0.2, 0) is 4.74 Å². The molecule has 21 heavy (non-hydrogen) atoms. The lowest BCUT2D eigenvalue weighted by Crippen LogP contribution is -2.41. The summed E-state index contributed by atoms with van der Waals surface area (Å²) in [5.41, 5.74) is 0. The minimum atomic E-state index is -0.584. The number of hydrogen-bond donors (Lipinski definition) is 2. The molecule has 0 spiro atoms. The fourth-order valence-electron chi connectivity index (χ4n) is 2.11. The summed E-state index contributed by atoms with van der Waals surface area (Å²) in [5.74, 6) is 0.261. The maximum Gasteiger partial charge on any atom is 0.123 e. The highest BCUT2D eigenvalue weighted by atomic mass is 19.1. The van der Waals surface area contributed by atoms with Crippen LogP contribution in [0.4, 0.5) is 4.39 Å². The van der Waals surface area contributed by atoms with Crippen molar-refractivity contribution in [3.63, 3.8) is 0 Å². The molecule has 1 saturated heterocycles. The number of aliphatic hydroxyl groups excluding tert-OH is 1.